The Morgan fingerprint density at radius 3 is 1.07 bits per heavy atom. The molecule has 14 heavy (non-hydrogen) atoms. The van der Waals surface area contributed by atoms with Crippen LogP contribution in [0.1, 0.15) is 13.8 Å². The molecule has 4 N–H and O–H groups in total. The van der Waals surface area contributed by atoms with Gasteiger partial charge in [-0.25, -0.2) is 4.79 Å². The molecule has 0 fully saturated rings. The molecule has 0 spiro atoms. The normalized spacial score (nSPS) is 7.14. The largest absolute Gasteiger partial charge is 0.503 e. The third kappa shape index (κ3) is 140. The fourth-order valence-corrected chi connectivity index (χ4v) is 0. The summed E-state index contributed by atoms with van der Waals surface area (Å²) in [6.07, 6.45) is -1.83. The van der Waals surface area contributed by atoms with Crippen LogP contribution < -0.4 is 0 Å². The van der Waals surface area contributed by atoms with Crippen molar-refractivity contribution < 1.29 is 25.2 Å². The molecule has 0 aromatic heterocycles. The maximum atomic E-state index is 8.56. The highest BCUT2D eigenvalue weighted by Crippen LogP contribution is 1.77. The maximum Gasteiger partial charge on any atom is 0.503 e. The van der Waals surface area contributed by atoms with E-state index in [2.05, 4.69) is 13.2 Å². The third-order valence-corrected chi connectivity index (χ3v) is 0.540. The number of aliphatic hydroxyl groups is 2. The van der Waals surface area contributed by atoms with Gasteiger partial charge in [-0.05, 0) is 13.8 Å². The van der Waals surface area contributed by atoms with Gasteiger partial charge in [0.15, 0.2) is 0 Å². The number of carbonyl (C=O) groups is 1. The lowest BCUT2D eigenvalue weighted by atomic mass is 10.4. The van der Waals surface area contributed by atoms with Crippen LogP contribution in [0.5, 0.6) is 0 Å². The van der Waals surface area contributed by atoms with E-state index in [1.807, 2.05) is 0 Å². The van der Waals surface area contributed by atoms with E-state index in [1.165, 1.54) is 0 Å². The van der Waals surface area contributed by atoms with Gasteiger partial charge in [-0.2, -0.15) is 0 Å². The van der Waals surface area contributed by atoms with Gasteiger partial charge in [-0.15, -0.1) is 0 Å². The van der Waals surface area contributed by atoms with Crippen LogP contribution in [0.15, 0.2) is 24.3 Å². The summed E-state index contributed by atoms with van der Waals surface area (Å²) in [5.74, 6) is 0. The Morgan fingerprint density at radius 2 is 1.07 bits per heavy atom. The topological polar surface area (TPSA) is 98.0 Å². The quantitative estimate of drug-likeness (QED) is 0.511. The summed E-state index contributed by atoms with van der Waals surface area (Å²) in [6, 6.07) is 0. The summed E-state index contributed by atoms with van der Waals surface area (Å²) in [4.78, 5) is 8.56. The Labute approximate surface area is 83.6 Å². The second-order valence-electron chi connectivity index (χ2n) is 2.51. The molecule has 0 heterocycles. The highest BCUT2D eigenvalue weighted by atomic mass is 16.6. The Morgan fingerprint density at radius 1 is 1.00 bits per heavy atom. The van der Waals surface area contributed by atoms with Crippen molar-refractivity contribution in [2.75, 3.05) is 13.2 Å². The van der Waals surface area contributed by atoms with Crippen molar-refractivity contribution in [3.8, 4) is 0 Å². The van der Waals surface area contributed by atoms with Crippen LogP contribution in [0.25, 0.3) is 0 Å². The maximum absolute atomic E-state index is 8.56. The predicted molar refractivity (Wildman–Crippen MR) is 54.5 cm³/mol. The SMILES string of the molecule is C=C(C)CO.C=C(C)CO.O=C(O)O. The molecule has 0 aromatic carbocycles. The monoisotopic (exact) mass is 206 g/mol. The second-order valence-corrected chi connectivity index (χ2v) is 2.51. The van der Waals surface area contributed by atoms with E-state index >= 15 is 0 Å². The average Bonchev–Trinajstić information content (AvgIpc) is 2.04. The van der Waals surface area contributed by atoms with Crippen molar-refractivity contribution in [3.05, 3.63) is 24.3 Å². The summed E-state index contributed by atoms with van der Waals surface area (Å²) in [5.41, 5.74) is 1.62. The number of hydrogen-bond donors (Lipinski definition) is 4. The van der Waals surface area contributed by atoms with E-state index in [0.717, 1.165) is 11.1 Å². The molecule has 5 heteroatoms. The van der Waals surface area contributed by atoms with Gasteiger partial charge in [-0.3, -0.25) is 0 Å². The molecular formula is C9H18O5. The molecule has 84 valence electrons. The molecular weight excluding hydrogens is 188 g/mol. The first-order valence-corrected chi connectivity index (χ1v) is 3.70. The van der Waals surface area contributed by atoms with Gasteiger partial charge < -0.3 is 20.4 Å². The number of hydrogen-bond acceptors (Lipinski definition) is 3. The lowest BCUT2D eigenvalue weighted by Gasteiger charge is -1.79. The smallest absolute Gasteiger partial charge is 0.450 e. The number of aliphatic hydroxyl groups excluding tert-OH is 2. The molecule has 0 aliphatic carbocycles. The Hall–Kier alpha value is -1.33. The molecule has 0 aromatic rings. The van der Waals surface area contributed by atoms with E-state index in [9.17, 15) is 0 Å². The van der Waals surface area contributed by atoms with Crippen LogP contribution in [0.3, 0.4) is 0 Å². The summed E-state index contributed by atoms with van der Waals surface area (Å²) in [6.45, 7) is 10.6. The lowest BCUT2D eigenvalue weighted by Crippen LogP contribution is -1.81. The standard InChI is InChI=1S/2C4H8O.CH2O3/c2*1-4(2)3-5;2-1(3)4/h2*5H,1,3H2,2H3;(H2,2,3,4). The van der Waals surface area contributed by atoms with Gasteiger partial charge in [0.1, 0.15) is 0 Å². The minimum absolute atomic E-state index is 0.111. The van der Waals surface area contributed by atoms with E-state index in [1.54, 1.807) is 13.8 Å². The summed E-state index contributed by atoms with van der Waals surface area (Å²) in [7, 11) is 0. The Bertz CT molecular complexity index is 156. The van der Waals surface area contributed by atoms with E-state index < -0.39 is 6.16 Å². The average molecular weight is 206 g/mol. The van der Waals surface area contributed by atoms with Crippen molar-refractivity contribution in [1.29, 1.82) is 0 Å². The van der Waals surface area contributed by atoms with Gasteiger partial charge in [0.2, 0.25) is 0 Å². The van der Waals surface area contributed by atoms with E-state index in [-0.39, 0.29) is 13.2 Å². The van der Waals surface area contributed by atoms with Gasteiger partial charge in [0.25, 0.3) is 0 Å². The predicted octanol–water partition coefficient (Wildman–Crippen LogP) is 1.33. The highest BCUT2D eigenvalue weighted by molar-refractivity contribution is 5.53. The molecule has 0 amide bonds. The van der Waals surface area contributed by atoms with Crippen molar-refractivity contribution in [2.45, 2.75) is 13.8 Å². The van der Waals surface area contributed by atoms with Crippen molar-refractivity contribution >= 4 is 6.16 Å². The van der Waals surface area contributed by atoms with Crippen molar-refractivity contribution in [2.24, 2.45) is 0 Å². The number of rotatable bonds is 2. The molecule has 0 bridgehead atoms. The molecule has 0 saturated carbocycles. The fraction of sp³-hybridized carbons (Fsp3) is 0.444. The Kier molecular flexibility index (Phi) is 18.7. The van der Waals surface area contributed by atoms with Gasteiger partial charge >= 0.3 is 6.16 Å². The van der Waals surface area contributed by atoms with Gasteiger partial charge in [-0.1, -0.05) is 24.3 Å². The summed E-state index contributed by atoms with van der Waals surface area (Å²) in [5, 5.41) is 30.0. The second kappa shape index (κ2) is 14.2. The van der Waals surface area contributed by atoms with Crippen LogP contribution in [-0.2, 0) is 0 Å². The van der Waals surface area contributed by atoms with E-state index in [4.69, 9.17) is 25.2 Å². The zero-order valence-electron chi connectivity index (χ0n) is 8.53. The highest BCUT2D eigenvalue weighted by Gasteiger charge is 1.70. The molecule has 0 rings (SSSR count). The van der Waals surface area contributed by atoms with Crippen LogP contribution in [0.2, 0.25) is 0 Å². The number of carboxylic acid groups (broad SMARTS) is 2. The van der Waals surface area contributed by atoms with Crippen molar-refractivity contribution in [1.82, 2.24) is 0 Å². The molecule has 0 aliphatic rings. The summed E-state index contributed by atoms with van der Waals surface area (Å²) < 4.78 is 0. The van der Waals surface area contributed by atoms with Crippen LogP contribution in [0.4, 0.5) is 4.79 Å². The fourth-order valence-electron chi connectivity index (χ4n) is 0. The van der Waals surface area contributed by atoms with E-state index in [0.29, 0.717) is 0 Å². The van der Waals surface area contributed by atoms with Gasteiger partial charge in [0.05, 0.1) is 13.2 Å². The third-order valence-electron chi connectivity index (χ3n) is 0.540. The van der Waals surface area contributed by atoms with Crippen LogP contribution in [0, 0.1) is 0 Å². The van der Waals surface area contributed by atoms with Gasteiger partial charge in [0, 0.05) is 0 Å². The van der Waals surface area contributed by atoms with Crippen molar-refractivity contribution in [3.63, 3.8) is 0 Å². The summed E-state index contributed by atoms with van der Waals surface area (Å²) >= 11 is 0. The molecule has 0 atom stereocenters. The minimum Gasteiger partial charge on any atom is -0.450 e. The molecule has 0 radical (unpaired) electrons. The first-order chi connectivity index (χ1) is 6.27. The molecule has 0 aliphatic heterocycles. The minimum atomic E-state index is -1.83. The zero-order valence-corrected chi connectivity index (χ0v) is 8.53. The molecule has 0 unspecified atom stereocenters. The first-order valence-electron chi connectivity index (χ1n) is 3.70. The molecule has 5 nitrogen and oxygen atoms in total. The first kappa shape index (κ1) is 18.5. The van der Waals surface area contributed by atoms with Crippen LogP contribution in [-0.4, -0.2) is 39.8 Å². The molecule has 0 saturated heterocycles. The zero-order chi connectivity index (χ0) is 12.1. The lowest BCUT2D eigenvalue weighted by molar-refractivity contribution is 0.137. The van der Waals surface area contributed by atoms with Crippen LogP contribution >= 0.6 is 0 Å². The Balaban J connectivity index is -0.000000131.